The number of methoxy groups -OCH3 is 1. The van der Waals surface area contributed by atoms with E-state index >= 15 is 0 Å². The van der Waals surface area contributed by atoms with Crippen molar-refractivity contribution < 1.29 is 19.5 Å². The van der Waals surface area contributed by atoms with Gasteiger partial charge in [-0.2, -0.15) is 5.10 Å². The van der Waals surface area contributed by atoms with Gasteiger partial charge >= 0.3 is 7.12 Å². The van der Waals surface area contributed by atoms with Gasteiger partial charge in [0.15, 0.2) is 0 Å². The number of aromatic nitrogens is 2. The second kappa shape index (κ2) is 6.00. The van der Waals surface area contributed by atoms with E-state index in [0.29, 0.717) is 12.2 Å². The van der Waals surface area contributed by atoms with E-state index in [1.165, 1.54) is 0 Å². The minimum Gasteiger partial charge on any atom is -0.423 e. The molecule has 0 spiro atoms. The Balaban J connectivity index is 2.28. The van der Waals surface area contributed by atoms with Crippen LogP contribution in [0.25, 0.3) is 10.9 Å². The van der Waals surface area contributed by atoms with Gasteiger partial charge in [0, 0.05) is 12.5 Å². The quantitative estimate of drug-likeness (QED) is 0.775. The lowest BCUT2D eigenvalue weighted by Crippen LogP contribution is -2.53. The number of fused-ring (bicyclic) bond motifs is 1. The Morgan fingerprint density at radius 2 is 1.95 bits per heavy atom. The molecule has 2 aromatic rings. The highest BCUT2D eigenvalue weighted by Crippen LogP contribution is 2.25. The first-order valence-corrected chi connectivity index (χ1v) is 7.18. The van der Waals surface area contributed by atoms with Gasteiger partial charge in [0.2, 0.25) is 0 Å². The van der Waals surface area contributed by atoms with Crippen molar-refractivity contribution in [2.75, 3.05) is 7.11 Å². The van der Waals surface area contributed by atoms with E-state index in [-0.39, 0.29) is 0 Å². The van der Waals surface area contributed by atoms with Crippen LogP contribution in [0, 0.1) is 0 Å². The van der Waals surface area contributed by atoms with Gasteiger partial charge in [-0.1, -0.05) is 12.1 Å². The van der Waals surface area contributed by atoms with Crippen LogP contribution in [0.3, 0.4) is 0 Å². The molecule has 22 heavy (non-hydrogen) atoms. The fraction of sp³-hybridized carbons (Fsp3) is 0.533. The number of rotatable bonds is 6. The molecule has 2 N–H and O–H groups in total. The highest BCUT2D eigenvalue weighted by atomic mass is 16.5. The summed E-state index contributed by atoms with van der Waals surface area (Å²) >= 11 is 0. The maximum absolute atomic E-state index is 10.3. The fourth-order valence-electron chi connectivity index (χ4n) is 1.96. The maximum Gasteiger partial charge on any atom is 0.491 e. The average Bonchev–Trinajstić information content (AvgIpc) is 2.80. The normalized spacial score (nSPS) is 12.9. The molecular weight excluding hydrogens is 283 g/mol. The first kappa shape index (κ1) is 17.0. The third-order valence-electron chi connectivity index (χ3n) is 4.08. The zero-order valence-electron chi connectivity index (χ0n) is 13.7. The number of hydrogen-bond donors (Lipinski definition) is 2. The summed E-state index contributed by atoms with van der Waals surface area (Å²) in [7, 11) is 0.456. The number of aliphatic hydroxyl groups is 1. The van der Waals surface area contributed by atoms with Gasteiger partial charge in [0.25, 0.3) is 0 Å². The van der Waals surface area contributed by atoms with Crippen LogP contribution >= 0.6 is 0 Å². The SMILES string of the molecule is COCn1ncc2ccc(B(O)OC(C)(C)C(C)(C)O)cc21. The smallest absolute Gasteiger partial charge is 0.423 e. The standard InChI is InChI=1S/C15H23BN2O4/c1-14(2,19)15(3,4)22-16(20)12-7-6-11-9-17-18(10-21-5)13(11)8-12/h6-9,19-20H,10H2,1-5H3. The molecule has 0 fully saturated rings. The molecule has 0 bridgehead atoms. The predicted molar refractivity (Wildman–Crippen MR) is 85.8 cm³/mol. The van der Waals surface area contributed by atoms with Crippen LogP contribution in [0.5, 0.6) is 0 Å². The van der Waals surface area contributed by atoms with Gasteiger partial charge in [-0.15, -0.1) is 0 Å². The molecule has 0 amide bonds. The van der Waals surface area contributed by atoms with E-state index in [2.05, 4.69) is 5.10 Å². The molecule has 0 saturated heterocycles. The van der Waals surface area contributed by atoms with Crippen molar-refractivity contribution >= 4 is 23.5 Å². The summed E-state index contributed by atoms with van der Waals surface area (Å²) in [4.78, 5) is 0. The molecule has 120 valence electrons. The summed E-state index contributed by atoms with van der Waals surface area (Å²) in [5, 5.41) is 25.7. The molecule has 0 aliphatic rings. The Morgan fingerprint density at radius 1 is 1.27 bits per heavy atom. The summed E-state index contributed by atoms with van der Waals surface area (Å²) < 4.78 is 12.5. The predicted octanol–water partition coefficient (Wildman–Crippen LogP) is 0.894. The Bertz CT molecular complexity index is 649. The molecule has 6 nitrogen and oxygen atoms in total. The molecule has 0 aliphatic heterocycles. The van der Waals surface area contributed by atoms with Gasteiger partial charge in [-0.3, -0.25) is 0 Å². The lowest BCUT2D eigenvalue weighted by atomic mass is 9.76. The lowest BCUT2D eigenvalue weighted by Gasteiger charge is -2.38. The monoisotopic (exact) mass is 306 g/mol. The first-order chi connectivity index (χ1) is 10.2. The molecule has 2 rings (SSSR count). The molecule has 1 heterocycles. The van der Waals surface area contributed by atoms with Crippen LogP contribution < -0.4 is 5.46 Å². The van der Waals surface area contributed by atoms with Crippen molar-refractivity contribution in [3.8, 4) is 0 Å². The highest BCUT2D eigenvalue weighted by molar-refractivity contribution is 6.60. The van der Waals surface area contributed by atoms with E-state index in [1.807, 2.05) is 12.1 Å². The summed E-state index contributed by atoms with van der Waals surface area (Å²) in [5.74, 6) is 0. The molecule has 0 radical (unpaired) electrons. The van der Waals surface area contributed by atoms with E-state index in [1.54, 1.807) is 51.7 Å². The van der Waals surface area contributed by atoms with Crippen LogP contribution in [-0.4, -0.2) is 45.3 Å². The number of ether oxygens (including phenoxy) is 1. The van der Waals surface area contributed by atoms with Crippen molar-refractivity contribution in [2.45, 2.75) is 45.6 Å². The van der Waals surface area contributed by atoms with Crippen LogP contribution in [0.4, 0.5) is 0 Å². The number of benzene rings is 1. The molecule has 0 saturated carbocycles. The van der Waals surface area contributed by atoms with Crippen molar-refractivity contribution in [1.82, 2.24) is 9.78 Å². The Labute approximate surface area is 130 Å². The van der Waals surface area contributed by atoms with Crippen molar-refractivity contribution in [3.05, 3.63) is 24.4 Å². The van der Waals surface area contributed by atoms with E-state index in [0.717, 1.165) is 10.9 Å². The number of nitrogens with zero attached hydrogens (tertiary/aromatic N) is 2. The first-order valence-electron chi connectivity index (χ1n) is 7.18. The molecule has 1 aromatic heterocycles. The lowest BCUT2D eigenvalue weighted by molar-refractivity contribution is -0.0982. The summed E-state index contributed by atoms with van der Waals surface area (Å²) in [6, 6.07) is 5.46. The third kappa shape index (κ3) is 3.33. The summed E-state index contributed by atoms with van der Waals surface area (Å²) in [5.41, 5.74) is -0.546. The minimum absolute atomic E-state index is 0.332. The van der Waals surface area contributed by atoms with Gasteiger partial charge in [-0.25, -0.2) is 4.68 Å². The van der Waals surface area contributed by atoms with Crippen LogP contribution in [-0.2, 0) is 16.1 Å². The Hall–Kier alpha value is -1.41. The van der Waals surface area contributed by atoms with Crippen LogP contribution in [0.15, 0.2) is 24.4 Å². The molecule has 0 aliphatic carbocycles. The van der Waals surface area contributed by atoms with E-state index in [9.17, 15) is 10.1 Å². The van der Waals surface area contributed by atoms with Crippen molar-refractivity contribution in [1.29, 1.82) is 0 Å². The molecule has 7 heteroatoms. The molecular formula is C15H23BN2O4. The Kier molecular flexibility index (Phi) is 4.63. The minimum atomic E-state index is -1.14. The summed E-state index contributed by atoms with van der Waals surface area (Å²) in [6.07, 6.45) is 1.74. The number of hydrogen-bond acceptors (Lipinski definition) is 5. The fourth-order valence-corrected chi connectivity index (χ4v) is 1.96. The topological polar surface area (TPSA) is 76.7 Å². The van der Waals surface area contributed by atoms with Crippen molar-refractivity contribution in [2.24, 2.45) is 0 Å². The molecule has 0 unspecified atom stereocenters. The highest BCUT2D eigenvalue weighted by Gasteiger charge is 2.39. The van der Waals surface area contributed by atoms with Crippen LogP contribution in [0.2, 0.25) is 0 Å². The second-order valence-corrected chi connectivity index (χ2v) is 6.42. The van der Waals surface area contributed by atoms with Gasteiger partial charge in [0.05, 0.1) is 22.9 Å². The second-order valence-electron chi connectivity index (χ2n) is 6.42. The van der Waals surface area contributed by atoms with Gasteiger partial charge in [-0.05, 0) is 39.2 Å². The third-order valence-corrected chi connectivity index (χ3v) is 4.08. The van der Waals surface area contributed by atoms with Gasteiger partial charge in [0.1, 0.15) is 6.73 Å². The van der Waals surface area contributed by atoms with Crippen LogP contribution in [0.1, 0.15) is 27.7 Å². The Morgan fingerprint density at radius 3 is 2.55 bits per heavy atom. The molecule has 1 aromatic carbocycles. The van der Waals surface area contributed by atoms with E-state index < -0.39 is 18.3 Å². The van der Waals surface area contributed by atoms with E-state index in [4.69, 9.17) is 9.39 Å². The summed E-state index contributed by atoms with van der Waals surface area (Å²) in [6.45, 7) is 7.11. The largest absolute Gasteiger partial charge is 0.491 e. The molecule has 0 atom stereocenters. The van der Waals surface area contributed by atoms with Crippen molar-refractivity contribution in [3.63, 3.8) is 0 Å². The maximum atomic E-state index is 10.3. The average molecular weight is 306 g/mol. The zero-order chi connectivity index (χ0) is 16.5. The van der Waals surface area contributed by atoms with Gasteiger partial charge < -0.3 is 19.5 Å². The zero-order valence-corrected chi connectivity index (χ0v) is 13.7.